The standard InChI is InChI=1S/C12H10BrN5O/c1-19-8-3-6(2-7(13)4-8)9-10-11(16-5-15-10)18-12(14)17-9/h2-5H,1H3,(H3,14,15,16,17,18). The first kappa shape index (κ1) is 11.9. The van der Waals surface area contributed by atoms with Gasteiger partial charge in [-0.3, -0.25) is 0 Å². The van der Waals surface area contributed by atoms with Gasteiger partial charge >= 0.3 is 0 Å². The summed E-state index contributed by atoms with van der Waals surface area (Å²) in [4.78, 5) is 15.5. The van der Waals surface area contributed by atoms with Crippen molar-refractivity contribution in [2.75, 3.05) is 12.8 Å². The van der Waals surface area contributed by atoms with E-state index in [1.54, 1.807) is 13.4 Å². The molecule has 1 aromatic carbocycles. The van der Waals surface area contributed by atoms with Crippen LogP contribution in [0.4, 0.5) is 5.95 Å². The Labute approximate surface area is 117 Å². The lowest BCUT2D eigenvalue weighted by atomic mass is 10.1. The molecular formula is C12H10BrN5O. The number of imidazole rings is 1. The van der Waals surface area contributed by atoms with E-state index in [0.29, 0.717) is 11.3 Å². The Hall–Kier alpha value is -2.15. The molecule has 0 saturated carbocycles. The molecule has 0 atom stereocenters. The number of H-pyrrole nitrogens is 1. The number of nitrogens with one attached hydrogen (secondary N) is 1. The lowest BCUT2D eigenvalue weighted by Gasteiger charge is -2.07. The second-order valence-corrected chi connectivity index (χ2v) is 4.83. The van der Waals surface area contributed by atoms with Crippen molar-refractivity contribution in [2.24, 2.45) is 0 Å². The number of aromatic nitrogens is 4. The normalized spacial score (nSPS) is 10.8. The summed E-state index contributed by atoms with van der Waals surface area (Å²) in [5.41, 5.74) is 8.56. The average molecular weight is 320 g/mol. The summed E-state index contributed by atoms with van der Waals surface area (Å²) in [6.07, 6.45) is 1.57. The minimum atomic E-state index is 0.188. The van der Waals surface area contributed by atoms with E-state index in [0.717, 1.165) is 21.3 Å². The molecule has 0 aliphatic carbocycles. The molecule has 3 N–H and O–H groups in total. The van der Waals surface area contributed by atoms with Crippen LogP contribution in [0.25, 0.3) is 22.4 Å². The Morgan fingerprint density at radius 1 is 1.26 bits per heavy atom. The second kappa shape index (κ2) is 4.51. The molecule has 0 aliphatic rings. The van der Waals surface area contributed by atoms with Crippen LogP contribution >= 0.6 is 15.9 Å². The second-order valence-electron chi connectivity index (χ2n) is 3.91. The minimum absolute atomic E-state index is 0.188. The highest BCUT2D eigenvalue weighted by molar-refractivity contribution is 9.10. The molecule has 2 heterocycles. The van der Waals surface area contributed by atoms with Crippen LogP contribution in [0, 0.1) is 0 Å². The number of nitrogens with zero attached hydrogens (tertiary/aromatic N) is 3. The van der Waals surface area contributed by atoms with Gasteiger partial charge in [0, 0.05) is 10.0 Å². The van der Waals surface area contributed by atoms with Crippen molar-refractivity contribution >= 4 is 33.0 Å². The number of hydrogen-bond acceptors (Lipinski definition) is 5. The number of anilines is 1. The van der Waals surface area contributed by atoms with E-state index in [2.05, 4.69) is 35.9 Å². The highest BCUT2D eigenvalue weighted by Crippen LogP contribution is 2.30. The Kier molecular flexibility index (Phi) is 2.83. The maximum atomic E-state index is 5.71. The average Bonchev–Trinajstić information content (AvgIpc) is 2.84. The molecule has 0 spiro atoms. The van der Waals surface area contributed by atoms with Crippen molar-refractivity contribution in [1.82, 2.24) is 19.9 Å². The van der Waals surface area contributed by atoms with Crippen LogP contribution in [0.2, 0.25) is 0 Å². The molecule has 0 unspecified atom stereocenters. The lowest BCUT2D eigenvalue weighted by Crippen LogP contribution is -1.98. The molecule has 7 heteroatoms. The van der Waals surface area contributed by atoms with E-state index in [-0.39, 0.29) is 5.95 Å². The fourth-order valence-corrected chi connectivity index (χ4v) is 2.35. The molecule has 3 rings (SSSR count). The maximum Gasteiger partial charge on any atom is 0.222 e. The number of nitrogens with two attached hydrogens (primary N) is 1. The fraction of sp³-hybridized carbons (Fsp3) is 0.0833. The van der Waals surface area contributed by atoms with Crippen LogP contribution < -0.4 is 10.5 Å². The number of fused-ring (bicyclic) bond motifs is 1. The fourth-order valence-electron chi connectivity index (χ4n) is 1.88. The molecule has 0 amide bonds. The van der Waals surface area contributed by atoms with Gasteiger partial charge in [-0.25, -0.2) is 9.97 Å². The van der Waals surface area contributed by atoms with Gasteiger partial charge in [-0.1, -0.05) is 15.9 Å². The van der Waals surface area contributed by atoms with Crippen LogP contribution in [0.15, 0.2) is 29.0 Å². The topological polar surface area (TPSA) is 89.7 Å². The van der Waals surface area contributed by atoms with Gasteiger partial charge in [-0.05, 0) is 18.2 Å². The molecule has 0 bridgehead atoms. The number of ether oxygens (including phenoxy) is 1. The third kappa shape index (κ3) is 2.12. The zero-order valence-corrected chi connectivity index (χ0v) is 11.6. The van der Waals surface area contributed by atoms with Crippen LogP contribution in [0.1, 0.15) is 0 Å². The van der Waals surface area contributed by atoms with Gasteiger partial charge in [0.05, 0.1) is 13.4 Å². The molecule has 0 fully saturated rings. The van der Waals surface area contributed by atoms with Gasteiger partial charge in [-0.15, -0.1) is 0 Å². The predicted molar refractivity (Wildman–Crippen MR) is 75.8 cm³/mol. The van der Waals surface area contributed by atoms with E-state index in [9.17, 15) is 0 Å². The summed E-state index contributed by atoms with van der Waals surface area (Å²) in [6, 6.07) is 5.69. The predicted octanol–water partition coefficient (Wildman–Crippen LogP) is 2.37. The maximum absolute atomic E-state index is 5.71. The van der Waals surface area contributed by atoms with Crippen LogP contribution in [0.3, 0.4) is 0 Å². The molecule has 2 aromatic heterocycles. The number of methoxy groups -OCH3 is 1. The van der Waals surface area contributed by atoms with Crippen LogP contribution in [-0.2, 0) is 0 Å². The SMILES string of the molecule is COc1cc(Br)cc(-c2nc(N)nc3nc[nH]c23)c1. The number of halogens is 1. The van der Waals surface area contributed by atoms with Crippen molar-refractivity contribution < 1.29 is 4.74 Å². The number of benzene rings is 1. The summed E-state index contributed by atoms with van der Waals surface area (Å²) in [6.45, 7) is 0. The van der Waals surface area contributed by atoms with E-state index in [1.165, 1.54) is 0 Å². The molecular weight excluding hydrogens is 310 g/mol. The zero-order valence-electron chi connectivity index (χ0n) is 10.0. The zero-order chi connectivity index (χ0) is 13.4. The summed E-state index contributed by atoms with van der Waals surface area (Å²) in [5, 5.41) is 0. The van der Waals surface area contributed by atoms with Crippen molar-refractivity contribution in [3.05, 3.63) is 29.0 Å². The van der Waals surface area contributed by atoms with Crippen molar-refractivity contribution in [3.8, 4) is 17.0 Å². The van der Waals surface area contributed by atoms with Gasteiger partial charge < -0.3 is 15.5 Å². The van der Waals surface area contributed by atoms with Gasteiger partial charge in [-0.2, -0.15) is 4.98 Å². The third-order valence-electron chi connectivity index (χ3n) is 2.68. The lowest BCUT2D eigenvalue weighted by molar-refractivity contribution is 0.414. The van der Waals surface area contributed by atoms with E-state index in [1.807, 2.05) is 18.2 Å². The van der Waals surface area contributed by atoms with Gasteiger partial charge in [0.15, 0.2) is 5.65 Å². The van der Waals surface area contributed by atoms with Crippen molar-refractivity contribution in [1.29, 1.82) is 0 Å². The van der Waals surface area contributed by atoms with E-state index in [4.69, 9.17) is 10.5 Å². The Morgan fingerprint density at radius 2 is 2.11 bits per heavy atom. The largest absolute Gasteiger partial charge is 0.497 e. The first-order chi connectivity index (χ1) is 9.17. The van der Waals surface area contributed by atoms with Crippen LogP contribution in [0.5, 0.6) is 5.75 Å². The molecule has 0 radical (unpaired) electrons. The summed E-state index contributed by atoms with van der Waals surface area (Å²) >= 11 is 3.44. The smallest absolute Gasteiger partial charge is 0.222 e. The number of hydrogen-bond donors (Lipinski definition) is 2. The molecule has 3 aromatic rings. The molecule has 0 aliphatic heterocycles. The highest BCUT2D eigenvalue weighted by atomic mass is 79.9. The van der Waals surface area contributed by atoms with Crippen molar-refractivity contribution in [2.45, 2.75) is 0 Å². The monoisotopic (exact) mass is 319 g/mol. The highest BCUT2D eigenvalue weighted by Gasteiger charge is 2.12. The van der Waals surface area contributed by atoms with Gasteiger partial charge in [0.1, 0.15) is 17.0 Å². The number of nitrogen functional groups attached to an aromatic ring is 1. The minimum Gasteiger partial charge on any atom is -0.497 e. The summed E-state index contributed by atoms with van der Waals surface area (Å²) in [5.74, 6) is 0.919. The van der Waals surface area contributed by atoms with E-state index < -0.39 is 0 Å². The van der Waals surface area contributed by atoms with Crippen molar-refractivity contribution in [3.63, 3.8) is 0 Å². The molecule has 0 saturated heterocycles. The van der Waals surface area contributed by atoms with Gasteiger partial charge in [0.25, 0.3) is 0 Å². The molecule has 19 heavy (non-hydrogen) atoms. The summed E-state index contributed by atoms with van der Waals surface area (Å²) in [7, 11) is 1.62. The van der Waals surface area contributed by atoms with Crippen LogP contribution in [-0.4, -0.2) is 27.0 Å². The molecule has 96 valence electrons. The Balaban J connectivity index is 2.29. The van der Waals surface area contributed by atoms with E-state index >= 15 is 0 Å². The molecule has 6 nitrogen and oxygen atoms in total. The number of rotatable bonds is 2. The quantitative estimate of drug-likeness (QED) is 0.756. The Bertz CT molecular complexity index is 755. The first-order valence-electron chi connectivity index (χ1n) is 5.49. The summed E-state index contributed by atoms with van der Waals surface area (Å²) < 4.78 is 6.15. The number of aromatic amines is 1. The Morgan fingerprint density at radius 3 is 2.89 bits per heavy atom. The first-order valence-corrected chi connectivity index (χ1v) is 6.28. The van der Waals surface area contributed by atoms with Gasteiger partial charge in [0.2, 0.25) is 5.95 Å². The third-order valence-corrected chi connectivity index (χ3v) is 3.14.